The third-order valence-electron chi connectivity index (χ3n) is 1.95. The number of benzene rings is 1. The Bertz CT molecular complexity index is 386. The normalized spacial score (nSPS) is 9.94. The van der Waals surface area contributed by atoms with Crippen molar-refractivity contribution in [2.45, 2.75) is 6.92 Å². The van der Waals surface area contributed by atoms with Crippen LogP contribution in [0.25, 0.3) is 0 Å². The van der Waals surface area contributed by atoms with Crippen molar-refractivity contribution in [3.63, 3.8) is 0 Å². The van der Waals surface area contributed by atoms with Crippen LogP contribution in [0.1, 0.15) is 17.3 Å². The summed E-state index contributed by atoms with van der Waals surface area (Å²) in [5, 5.41) is 8.44. The van der Waals surface area contributed by atoms with Gasteiger partial charge in [0.15, 0.2) is 5.78 Å². The molecule has 4 nitrogen and oxygen atoms in total. The van der Waals surface area contributed by atoms with Crippen LogP contribution < -0.4 is 4.74 Å². The van der Waals surface area contributed by atoms with Gasteiger partial charge in [-0.3, -0.25) is 9.59 Å². The van der Waals surface area contributed by atoms with Crippen LogP contribution in [0.2, 0.25) is 0 Å². The maximum absolute atomic E-state index is 11.6. The van der Waals surface area contributed by atoms with E-state index in [1.807, 2.05) is 6.92 Å². The van der Waals surface area contributed by atoms with Crippen LogP contribution in [0, 0.1) is 0 Å². The Morgan fingerprint density at radius 3 is 2.41 bits per heavy atom. The molecule has 5 heteroatoms. The number of carbonyl (C=O) groups is 2. The Hall–Kier alpha value is -1.49. The fourth-order valence-corrected chi connectivity index (χ4v) is 1.85. The summed E-state index contributed by atoms with van der Waals surface area (Å²) in [4.78, 5) is 21.9. The van der Waals surface area contributed by atoms with Crippen LogP contribution >= 0.6 is 11.8 Å². The molecule has 0 aliphatic rings. The van der Waals surface area contributed by atoms with E-state index >= 15 is 0 Å². The first kappa shape index (κ1) is 13.6. The molecule has 92 valence electrons. The molecule has 0 unspecified atom stereocenters. The lowest BCUT2D eigenvalue weighted by Gasteiger charge is -2.04. The molecule has 0 atom stereocenters. The number of hydrogen-bond donors (Lipinski definition) is 1. The summed E-state index contributed by atoms with van der Waals surface area (Å²) in [6.07, 6.45) is 0. The first-order valence-electron chi connectivity index (χ1n) is 5.19. The number of ketones is 1. The number of carboxylic acids is 1. The van der Waals surface area contributed by atoms with E-state index in [-0.39, 0.29) is 17.3 Å². The maximum atomic E-state index is 11.6. The molecule has 0 bridgehead atoms. The van der Waals surface area contributed by atoms with Crippen LogP contribution in [-0.2, 0) is 4.79 Å². The quantitative estimate of drug-likeness (QED) is 0.755. The van der Waals surface area contributed by atoms with Gasteiger partial charge < -0.3 is 9.84 Å². The Labute approximate surface area is 104 Å². The fourth-order valence-electron chi connectivity index (χ4n) is 1.22. The van der Waals surface area contributed by atoms with Crippen molar-refractivity contribution >= 4 is 23.5 Å². The lowest BCUT2D eigenvalue weighted by molar-refractivity contribution is -0.133. The number of thioether (sulfide) groups is 1. The Kier molecular flexibility index (Phi) is 5.56. The molecule has 0 aliphatic carbocycles. The number of hydrogen-bond acceptors (Lipinski definition) is 4. The van der Waals surface area contributed by atoms with Gasteiger partial charge in [0.05, 0.1) is 18.1 Å². The van der Waals surface area contributed by atoms with Gasteiger partial charge in [0, 0.05) is 5.56 Å². The molecule has 0 aromatic heterocycles. The van der Waals surface area contributed by atoms with Crippen molar-refractivity contribution < 1.29 is 19.4 Å². The van der Waals surface area contributed by atoms with Crippen LogP contribution in [0.3, 0.4) is 0 Å². The lowest BCUT2D eigenvalue weighted by Crippen LogP contribution is -2.06. The van der Waals surface area contributed by atoms with Crippen molar-refractivity contribution in [2.24, 2.45) is 0 Å². The summed E-state index contributed by atoms with van der Waals surface area (Å²) in [6.45, 7) is 2.48. The van der Waals surface area contributed by atoms with Crippen LogP contribution in [0.15, 0.2) is 24.3 Å². The molecule has 0 radical (unpaired) electrons. The van der Waals surface area contributed by atoms with Gasteiger partial charge in [0.1, 0.15) is 5.75 Å². The number of Topliss-reactive ketones (excluding diaryl/α,β-unsaturated/α-hetero) is 1. The second kappa shape index (κ2) is 6.96. The molecular formula is C12H14O4S. The first-order valence-corrected chi connectivity index (χ1v) is 6.34. The Balaban J connectivity index is 2.48. The summed E-state index contributed by atoms with van der Waals surface area (Å²) in [5.74, 6) is -0.126. The molecule has 0 saturated carbocycles. The maximum Gasteiger partial charge on any atom is 0.313 e. The molecule has 0 amide bonds. The van der Waals surface area contributed by atoms with Crippen LogP contribution in [-0.4, -0.2) is 35.0 Å². The summed E-state index contributed by atoms with van der Waals surface area (Å²) in [5.41, 5.74) is 0.575. The Morgan fingerprint density at radius 1 is 1.24 bits per heavy atom. The number of rotatable bonds is 7. The second-order valence-corrected chi connectivity index (χ2v) is 4.25. The topological polar surface area (TPSA) is 63.6 Å². The molecular weight excluding hydrogens is 240 g/mol. The average Bonchev–Trinajstić information content (AvgIpc) is 2.30. The third kappa shape index (κ3) is 4.91. The minimum absolute atomic E-state index is 0.0528. The average molecular weight is 254 g/mol. The zero-order chi connectivity index (χ0) is 12.7. The van der Waals surface area contributed by atoms with Crippen molar-refractivity contribution in [3.05, 3.63) is 29.8 Å². The Morgan fingerprint density at radius 2 is 1.88 bits per heavy atom. The second-order valence-electron chi connectivity index (χ2n) is 3.27. The molecule has 0 saturated heterocycles. The van der Waals surface area contributed by atoms with Crippen molar-refractivity contribution in [3.8, 4) is 5.75 Å². The van der Waals surface area contributed by atoms with Gasteiger partial charge >= 0.3 is 5.97 Å². The molecule has 0 heterocycles. The number of ether oxygens (including phenoxy) is 1. The van der Waals surface area contributed by atoms with Gasteiger partial charge in [0.2, 0.25) is 0 Å². The molecule has 17 heavy (non-hydrogen) atoms. The molecule has 1 aromatic carbocycles. The van der Waals surface area contributed by atoms with E-state index < -0.39 is 5.97 Å². The lowest BCUT2D eigenvalue weighted by atomic mass is 10.1. The fraction of sp³-hybridized carbons (Fsp3) is 0.333. The molecule has 1 rings (SSSR count). The highest BCUT2D eigenvalue weighted by Crippen LogP contribution is 2.14. The van der Waals surface area contributed by atoms with Crippen LogP contribution in [0.4, 0.5) is 0 Å². The number of aliphatic carboxylic acids is 1. The van der Waals surface area contributed by atoms with E-state index in [9.17, 15) is 9.59 Å². The van der Waals surface area contributed by atoms with E-state index in [1.165, 1.54) is 0 Å². The summed E-state index contributed by atoms with van der Waals surface area (Å²) in [6, 6.07) is 6.85. The first-order chi connectivity index (χ1) is 8.13. The van der Waals surface area contributed by atoms with Gasteiger partial charge in [-0.2, -0.15) is 0 Å². The highest BCUT2D eigenvalue weighted by Gasteiger charge is 2.07. The highest BCUT2D eigenvalue weighted by molar-refractivity contribution is 8.00. The highest BCUT2D eigenvalue weighted by atomic mass is 32.2. The SMILES string of the molecule is CCOc1ccc(C(=O)CSCC(=O)O)cc1. The summed E-state index contributed by atoms with van der Waals surface area (Å²) in [7, 11) is 0. The number of carbonyl (C=O) groups excluding carboxylic acids is 1. The number of carboxylic acid groups (broad SMARTS) is 1. The minimum Gasteiger partial charge on any atom is -0.494 e. The third-order valence-corrected chi connectivity index (χ3v) is 2.86. The minimum atomic E-state index is -0.908. The monoisotopic (exact) mass is 254 g/mol. The van der Waals surface area contributed by atoms with E-state index in [0.717, 1.165) is 17.5 Å². The predicted molar refractivity (Wildman–Crippen MR) is 66.9 cm³/mol. The van der Waals surface area contributed by atoms with Crippen molar-refractivity contribution in [1.29, 1.82) is 0 Å². The van der Waals surface area contributed by atoms with Crippen molar-refractivity contribution in [1.82, 2.24) is 0 Å². The molecule has 1 N–H and O–H groups in total. The van der Waals surface area contributed by atoms with Crippen molar-refractivity contribution in [2.75, 3.05) is 18.1 Å². The van der Waals surface area contributed by atoms with Gasteiger partial charge in [0.25, 0.3) is 0 Å². The van der Waals surface area contributed by atoms with Gasteiger partial charge in [-0.1, -0.05) is 0 Å². The molecule has 0 fully saturated rings. The molecule has 0 aliphatic heterocycles. The summed E-state index contributed by atoms with van der Waals surface area (Å²) < 4.78 is 5.26. The predicted octanol–water partition coefficient (Wildman–Crippen LogP) is 2.09. The van der Waals surface area contributed by atoms with Gasteiger partial charge in [-0.15, -0.1) is 11.8 Å². The standard InChI is InChI=1S/C12H14O4S/c1-2-16-10-5-3-9(4-6-10)11(13)7-17-8-12(14)15/h3-6H,2,7-8H2,1H3,(H,14,15). The smallest absolute Gasteiger partial charge is 0.313 e. The zero-order valence-corrected chi connectivity index (χ0v) is 10.3. The largest absolute Gasteiger partial charge is 0.494 e. The zero-order valence-electron chi connectivity index (χ0n) is 9.51. The van der Waals surface area contributed by atoms with E-state index in [2.05, 4.69) is 0 Å². The van der Waals surface area contributed by atoms with Gasteiger partial charge in [-0.05, 0) is 31.2 Å². The summed E-state index contributed by atoms with van der Waals surface area (Å²) >= 11 is 1.10. The van der Waals surface area contributed by atoms with E-state index in [0.29, 0.717) is 12.2 Å². The van der Waals surface area contributed by atoms with Crippen LogP contribution in [0.5, 0.6) is 5.75 Å². The van der Waals surface area contributed by atoms with Gasteiger partial charge in [-0.25, -0.2) is 0 Å². The van der Waals surface area contributed by atoms with E-state index in [1.54, 1.807) is 24.3 Å². The van der Waals surface area contributed by atoms with E-state index in [4.69, 9.17) is 9.84 Å². The molecule has 1 aromatic rings. The molecule has 0 spiro atoms.